The summed E-state index contributed by atoms with van der Waals surface area (Å²) in [6.07, 6.45) is 3.39. The Morgan fingerprint density at radius 3 is 2.36 bits per heavy atom. The van der Waals surface area contributed by atoms with Crippen molar-refractivity contribution in [2.24, 2.45) is 0 Å². The summed E-state index contributed by atoms with van der Waals surface area (Å²) in [4.78, 5) is 16.1. The number of pyridine rings is 1. The molecular formula is C33H55F2N5O4Si. The van der Waals surface area contributed by atoms with Crippen LogP contribution in [0.25, 0.3) is 0 Å². The second kappa shape index (κ2) is 13.6. The predicted octanol–water partition coefficient (Wildman–Crippen LogP) is 8.75. The molecule has 254 valence electrons. The molecule has 0 unspecified atom stereocenters. The van der Waals surface area contributed by atoms with Crippen LogP contribution in [0.5, 0.6) is 5.88 Å². The molecule has 1 fully saturated rings. The zero-order chi connectivity index (χ0) is 34.0. The van der Waals surface area contributed by atoms with Crippen LogP contribution in [-0.2, 0) is 14.7 Å². The molecule has 1 aliphatic carbocycles. The Kier molecular flexibility index (Phi) is 11.1. The van der Waals surface area contributed by atoms with Gasteiger partial charge in [-0.05, 0) is 91.9 Å². The SMILES string of the molecule is C[C@@H](CC(F)(F)COc1cc(Nc2cc([C@H]3CC[C@@H](O[Si](C)(C)C(C)(C)C)C3)nn2C(C)(C)C)ccn1)NC(=O)OC(C)(C)C. The van der Waals surface area contributed by atoms with E-state index in [0.29, 0.717) is 11.6 Å². The number of nitrogens with one attached hydrogen (secondary N) is 2. The van der Waals surface area contributed by atoms with E-state index in [1.54, 1.807) is 32.9 Å². The summed E-state index contributed by atoms with van der Waals surface area (Å²) >= 11 is 0. The number of hydrogen-bond acceptors (Lipinski definition) is 7. The van der Waals surface area contributed by atoms with E-state index < -0.39 is 45.0 Å². The van der Waals surface area contributed by atoms with E-state index in [-0.39, 0.29) is 22.6 Å². The molecule has 3 atom stereocenters. The summed E-state index contributed by atoms with van der Waals surface area (Å²) in [7, 11) is -1.86. The highest BCUT2D eigenvalue weighted by Crippen LogP contribution is 2.43. The Bertz CT molecular complexity index is 1300. The highest BCUT2D eigenvalue weighted by molar-refractivity contribution is 6.74. The van der Waals surface area contributed by atoms with Gasteiger partial charge in [0.15, 0.2) is 14.9 Å². The zero-order valence-electron chi connectivity index (χ0n) is 29.3. The second-order valence-corrected chi connectivity index (χ2v) is 20.7. The maximum absolute atomic E-state index is 14.7. The quantitative estimate of drug-likeness (QED) is 0.234. The van der Waals surface area contributed by atoms with Crippen molar-refractivity contribution in [3.8, 4) is 5.88 Å². The standard InChI is InChI=1S/C33H55F2N5O4Si/c1-22(37-29(41)43-31(5,6)7)20-33(34,35)21-42-28-18-24(15-16-36-28)38-27-19-26(39-40(27)30(2,3)4)23-13-14-25(17-23)44-45(11,12)32(8,9)10/h15-16,18-19,22-23,25H,13-14,17,20-21H2,1-12H3,(H,36,38)(H,37,41)/t22-,23-,25+/m0/s1. The first-order chi connectivity index (χ1) is 20.4. The van der Waals surface area contributed by atoms with Crippen molar-refractivity contribution in [1.29, 1.82) is 0 Å². The number of anilines is 2. The number of nitrogens with zero attached hydrogens (tertiary/aromatic N) is 3. The molecule has 0 aliphatic heterocycles. The molecule has 0 bridgehead atoms. The van der Waals surface area contributed by atoms with Crippen LogP contribution in [0, 0.1) is 0 Å². The molecule has 2 aromatic rings. The molecule has 9 nitrogen and oxygen atoms in total. The molecule has 0 spiro atoms. The van der Waals surface area contributed by atoms with Crippen molar-refractivity contribution in [3.05, 3.63) is 30.1 Å². The number of carbonyl (C=O) groups is 1. The smallest absolute Gasteiger partial charge is 0.407 e. The van der Waals surface area contributed by atoms with Gasteiger partial charge >= 0.3 is 6.09 Å². The number of alkyl carbamates (subject to hydrolysis) is 1. The Morgan fingerprint density at radius 1 is 1.09 bits per heavy atom. The topological polar surface area (TPSA) is 99.5 Å². The van der Waals surface area contributed by atoms with Crippen molar-refractivity contribution in [1.82, 2.24) is 20.1 Å². The maximum atomic E-state index is 14.7. The third-order valence-corrected chi connectivity index (χ3v) is 12.8. The molecule has 0 radical (unpaired) electrons. The van der Waals surface area contributed by atoms with Crippen LogP contribution in [0.2, 0.25) is 18.1 Å². The van der Waals surface area contributed by atoms with Gasteiger partial charge in [-0.2, -0.15) is 5.10 Å². The number of hydrogen-bond donors (Lipinski definition) is 2. The lowest BCUT2D eigenvalue weighted by molar-refractivity contribution is -0.0548. The third-order valence-electron chi connectivity index (χ3n) is 8.24. The molecule has 12 heteroatoms. The molecule has 45 heavy (non-hydrogen) atoms. The normalized spacial score (nSPS) is 18.9. The van der Waals surface area contributed by atoms with E-state index in [2.05, 4.69) is 76.3 Å². The highest BCUT2D eigenvalue weighted by Gasteiger charge is 2.41. The predicted molar refractivity (Wildman–Crippen MR) is 177 cm³/mol. The van der Waals surface area contributed by atoms with Gasteiger partial charge < -0.3 is 24.5 Å². The molecule has 0 aromatic carbocycles. The van der Waals surface area contributed by atoms with Crippen LogP contribution in [0.4, 0.5) is 25.1 Å². The maximum Gasteiger partial charge on any atom is 0.407 e. The van der Waals surface area contributed by atoms with E-state index >= 15 is 0 Å². The first-order valence-electron chi connectivity index (χ1n) is 16.0. The molecule has 3 rings (SSSR count). The lowest BCUT2D eigenvalue weighted by Crippen LogP contribution is -2.43. The summed E-state index contributed by atoms with van der Waals surface area (Å²) in [5.74, 6) is -2.03. The van der Waals surface area contributed by atoms with E-state index in [1.165, 1.54) is 13.1 Å². The molecular weight excluding hydrogens is 596 g/mol. The number of alkyl halides is 2. The fraction of sp³-hybridized carbons (Fsp3) is 0.727. The minimum absolute atomic E-state index is 0.0656. The number of aromatic nitrogens is 3. The second-order valence-electron chi connectivity index (χ2n) is 16.0. The van der Waals surface area contributed by atoms with E-state index in [1.807, 2.05) is 4.68 Å². The summed E-state index contributed by atoms with van der Waals surface area (Å²) < 4.78 is 48.7. The Labute approximate surface area is 269 Å². The van der Waals surface area contributed by atoms with Crippen LogP contribution in [-0.4, -0.2) is 59.5 Å². The first kappa shape index (κ1) is 36.7. The largest absolute Gasteiger partial charge is 0.471 e. The summed E-state index contributed by atoms with van der Waals surface area (Å²) in [6.45, 7) is 23.4. The summed E-state index contributed by atoms with van der Waals surface area (Å²) in [5, 5.41) is 11.0. The van der Waals surface area contributed by atoms with Gasteiger partial charge in [0.05, 0.1) is 11.2 Å². The molecule has 2 aromatic heterocycles. The van der Waals surface area contributed by atoms with Crippen molar-refractivity contribution < 1.29 is 27.5 Å². The number of amides is 1. The molecule has 2 N–H and O–H groups in total. The highest BCUT2D eigenvalue weighted by atomic mass is 28.4. The lowest BCUT2D eigenvalue weighted by atomic mass is 10.0. The Hall–Kier alpha value is -2.73. The Balaban J connectivity index is 1.66. The summed E-state index contributed by atoms with van der Waals surface area (Å²) in [6, 6.07) is 4.62. The van der Waals surface area contributed by atoms with Gasteiger partial charge in [0, 0.05) is 48.5 Å². The van der Waals surface area contributed by atoms with Crippen LogP contribution in [0.3, 0.4) is 0 Å². The monoisotopic (exact) mass is 651 g/mol. The van der Waals surface area contributed by atoms with Crippen LogP contribution in [0.15, 0.2) is 24.4 Å². The zero-order valence-corrected chi connectivity index (χ0v) is 30.3. The van der Waals surface area contributed by atoms with Crippen molar-refractivity contribution in [2.45, 2.75) is 148 Å². The molecule has 0 saturated heterocycles. The number of halogens is 2. The minimum atomic E-state index is -3.20. The number of ether oxygens (including phenoxy) is 2. The van der Waals surface area contributed by atoms with Crippen LogP contribution in [0.1, 0.15) is 107 Å². The average Bonchev–Trinajstić information content (AvgIpc) is 3.47. The molecule has 1 aliphatic rings. The van der Waals surface area contributed by atoms with Gasteiger partial charge in [-0.25, -0.2) is 23.2 Å². The van der Waals surface area contributed by atoms with Gasteiger partial charge in [-0.3, -0.25) is 0 Å². The van der Waals surface area contributed by atoms with Gasteiger partial charge in [0.25, 0.3) is 5.92 Å². The van der Waals surface area contributed by atoms with Crippen molar-refractivity contribution in [3.63, 3.8) is 0 Å². The van der Waals surface area contributed by atoms with Gasteiger partial charge in [0.2, 0.25) is 5.88 Å². The fourth-order valence-corrected chi connectivity index (χ4v) is 6.47. The number of rotatable bonds is 11. The average molecular weight is 652 g/mol. The van der Waals surface area contributed by atoms with Gasteiger partial charge in [0.1, 0.15) is 11.4 Å². The van der Waals surface area contributed by atoms with Gasteiger partial charge in [-0.15, -0.1) is 0 Å². The van der Waals surface area contributed by atoms with Crippen molar-refractivity contribution in [2.75, 3.05) is 11.9 Å². The lowest BCUT2D eigenvalue weighted by Gasteiger charge is -2.38. The third kappa shape index (κ3) is 10.9. The van der Waals surface area contributed by atoms with E-state index in [0.717, 1.165) is 30.8 Å². The van der Waals surface area contributed by atoms with Crippen molar-refractivity contribution >= 4 is 25.9 Å². The molecule has 2 heterocycles. The Morgan fingerprint density at radius 2 is 1.76 bits per heavy atom. The molecule has 1 amide bonds. The fourth-order valence-electron chi connectivity index (χ4n) is 5.07. The summed E-state index contributed by atoms with van der Waals surface area (Å²) in [5.41, 5.74) is 0.652. The van der Waals surface area contributed by atoms with E-state index in [4.69, 9.17) is 19.0 Å². The van der Waals surface area contributed by atoms with Crippen LogP contribution >= 0.6 is 0 Å². The minimum Gasteiger partial charge on any atom is -0.471 e. The van der Waals surface area contributed by atoms with Gasteiger partial charge in [-0.1, -0.05) is 20.8 Å². The van der Waals surface area contributed by atoms with E-state index in [9.17, 15) is 13.6 Å². The molecule has 1 saturated carbocycles. The number of carbonyl (C=O) groups excluding carboxylic acids is 1. The van der Waals surface area contributed by atoms with Crippen LogP contribution < -0.4 is 15.4 Å². The first-order valence-corrected chi connectivity index (χ1v) is 18.9.